The third kappa shape index (κ3) is 4.03. The van der Waals surface area contributed by atoms with Crippen molar-refractivity contribution in [1.29, 1.82) is 0 Å². The first-order chi connectivity index (χ1) is 14.1. The predicted octanol–water partition coefficient (Wildman–Crippen LogP) is 8.07. The molecule has 0 fully saturated rings. The Bertz CT molecular complexity index is 1010. The molecule has 2 atom stereocenters. The monoisotopic (exact) mass is 388 g/mol. The highest BCUT2D eigenvalue weighted by atomic mass is 19.2. The molecule has 3 aromatic rings. The zero-order chi connectivity index (χ0) is 20.4. The van der Waals surface area contributed by atoms with Crippen LogP contribution in [0.2, 0.25) is 0 Å². The number of halogens is 2. The van der Waals surface area contributed by atoms with Gasteiger partial charge < -0.3 is 0 Å². The first-order valence-electron chi connectivity index (χ1n) is 10.4. The SMILES string of the molecule is CCC1C=CC(c2ccc(-c3ccc(-c4ccc(C)cc4)c(F)c3F)cc2)CC1. The van der Waals surface area contributed by atoms with Crippen molar-refractivity contribution in [3.05, 3.63) is 95.6 Å². The molecule has 0 bridgehead atoms. The van der Waals surface area contributed by atoms with Crippen molar-refractivity contribution in [2.45, 2.75) is 39.0 Å². The number of allylic oxidation sites excluding steroid dienone is 2. The van der Waals surface area contributed by atoms with Crippen LogP contribution in [0.1, 0.15) is 43.2 Å². The summed E-state index contributed by atoms with van der Waals surface area (Å²) in [7, 11) is 0. The van der Waals surface area contributed by atoms with E-state index in [1.54, 1.807) is 12.1 Å². The van der Waals surface area contributed by atoms with Crippen LogP contribution in [0.15, 0.2) is 72.8 Å². The number of hydrogen-bond acceptors (Lipinski definition) is 0. The van der Waals surface area contributed by atoms with Gasteiger partial charge in [-0.15, -0.1) is 0 Å². The highest BCUT2D eigenvalue weighted by Gasteiger charge is 2.18. The van der Waals surface area contributed by atoms with Crippen molar-refractivity contribution < 1.29 is 8.78 Å². The Balaban J connectivity index is 1.60. The fraction of sp³-hybridized carbons (Fsp3) is 0.259. The van der Waals surface area contributed by atoms with Gasteiger partial charge in [-0.05, 0) is 48.8 Å². The topological polar surface area (TPSA) is 0 Å². The summed E-state index contributed by atoms with van der Waals surface area (Å²) in [6, 6.07) is 18.7. The number of hydrogen-bond donors (Lipinski definition) is 0. The lowest BCUT2D eigenvalue weighted by atomic mass is 9.83. The van der Waals surface area contributed by atoms with Crippen LogP contribution in [0.3, 0.4) is 0 Å². The quantitative estimate of drug-likeness (QED) is 0.396. The first kappa shape index (κ1) is 19.6. The van der Waals surface area contributed by atoms with Crippen molar-refractivity contribution in [2.75, 3.05) is 0 Å². The maximum absolute atomic E-state index is 14.9. The fourth-order valence-corrected chi connectivity index (χ4v) is 4.13. The average molecular weight is 389 g/mol. The molecule has 0 aromatic heterocycles. The summed E-state index contributed by atoms with van der Waals surface area (Å²) in [6.07, 6.45) is 8.15. The summed E-state index contributed by atoms with van der Waals surface area (Å²) >= 11 is 0. The fourth-order valence-electron chi connectivity index (χ4n) is 4.13. The third-order valence-corrected chi connectivity index (χ3v) is 6.08. The minimum Gasteiger partial charge on any atom is -0.203 e. The second kappa shape index (κ2) is 8.32. The zero-order valence-corrected chi connectivity index (χ0v) is 17.0. The van der Waals surface area contributed by atoms with E-state index in [0.29, 0.717) is 34.1 Å². The lowest BCUT2D eigenvalue weighted by Gasteiger charge is -2.22. The number of aryl methyl sites for hydroxylation is 1. The molecule has 0 aliphatic heterocycles. The minimum atomic E-state index is -0.795. The lowest BCUT2D eigenvalue weighted by Crippen LogP contribution is -2.06. The summed E-state index contributed by atoms with van der Waals surface area (Å²) in [5.74, 6) is -0.484. The maximum atomic E-state index is 14.9. The Morgan fingerprint density at radius 3 is 1.76 bits per heavy atom. The van der Waals surface area contributed by atoms with Crippen LogP contribution < -0.4 is 0 Å². The molecule has 0 spiro atoms. The number of rotatable bonds is 4. The van der Waals surface area contributed by atoms with Gasteiger partial charge in [0.05, 0.1) is 0 Å². The van der Waals surface area contributed by atoms with E-state index < -0.39 is 11.6 Å². The van der Waals surface area contributed by atoms with Crippen LogP contribution in [0.4, 0.5) is 8.78 Å². The normalized spacial score (nSPS) is 18.8. The standard InChI is InChI=1S/C27H26F2/c1-3-19-6-10-20(11-7-19)21-12-14-23(15-13-21)25-17-16-24(26(28)27(25)29)22-8-4-18(2)5-9-22/h4-6,8-10,12-17,19-20H,3,7,11H2,1-2H3. The smallest absolute Gasteiger partial charge is 0.167 e. The molecule has 3 aromatic carbocycles. The highest BCUT2D eigenvalue weighted by Crippen LogP contribution is 2.35. The first-order valence-corrected chi connectivity index (χ1v) is 10.4. The zero-order valence-electron chi connectivity index (χ0n) is 17.0. The van der Waals surface area contributed by atoms with Crippen LogP contribution in [-0.4, -0.2) is 0 Å². The summed E-state index contributed by atoms with van der Waals surface area (Å²) in [5, 5.41) is 0. The molecule has 2 unspecified atom stereocenters. The molecule has 148 valence electrons. The molecule has 29 heavy (non-hydrogen) atoms. The van der Waals surface area contributed by atoms with Gasteiger partial charge in [-0.1, -0.05) is 85.3 Å². The molecule has 1 aliphatic rings. The third-order valence-electron chi connectivity index (χ3n) is 6.08. The molecule has 0 nitrogen and oxygen atoms in total. The molecule has 2 heteroatoms. The second-order valence-electron chi connectivity index (χ2n) is 8.01. The Hall–Kier alpha value is -2.74. The predicted molar refractivity (Wildman–Crippen MR) is 117 cm³/mol. The molecule has 0 heterocycles. The van der Waals surface area contributed by atoms with E-state index in [0.717, 1.165) is 12.0 Å². The maximum Gasteiger partial charge on any atom is 0.167 e. The molecule has 1 aliphatic carbocycles. The van der Waals surface area contributed by atoms with Crippen LogP contribution >= 0.6 is 0 Å². The minimum absolute atomic E-state index is 0.292. The van der Waals surface area contributed by atoms with E-state index in [1.807, 2.05) is 55.5 Å². The largest absolute Gasteiger partial charge is 0.203 e. The van der Waals surface area contributed by atoms with Gasteiger partial charge in [-0.2, -0.15) is 0 Å². The van der Waals surface area contributed by atoms with Gasteiger partial charge in [0.25, 0.3) is 0 Å². The molecular formula is C27H26F2. The van der Waals surface area contributed by atoms with Gasteiger partial charge in [0.15, 0.2) is 11.6 Å². The van der Waals surface area contributed by atoms with E-state index in [2.05, 4.69) is 19.1 Å². The van der Waals surface area contributed by atoms with Gasteiger partial charge in [-0.25, -0.2) is 8.78 Å². The van der Waals surface area contributed by atoms with Crippen molar-refractivity contribution in [2.24, 2.45) is 5.92 Å². The van der Waals surface area contributed by atoms with Gasteiger partial charge in [-0.3, -0.25) is 0 Å². The van der Waals surface area contributed by atoms with Gasteiger partial charge in [0.1, 0.15) is 0 Å². The lowest BCUT2D eigenvalue weighted by molar-refractivity contribution is 0.499. The average Bonchev–Trinajstić information content (AvgIpc) is 2.77. The molecule has 0 saturated carbocycles. The molecule has 0 N–H and O–H groups in total. The van der Waals surface area contributed by atoms with E-state index in [4.69, 9.17) is 0 Å². The summed E-state index contributed by atoms with van der Waals surface area (Å²) < 4.78 is 29.7. The van der Waals surface area contributed by atoms with Crippen LogP contribution in [0.25, 0.3) is 22.3 Å². The van der Waals surface area contributed by atoms with Crippen molar-refractivity contribution in [3.63, 3.8) is 0 Å². The van der Waals surface area contributed by atoms with Gasteiger partial charge >= 0.3 is 0 Å². The Morgan fingerprint density at radius 1 is 0.724 bits per heavy atom. The summed E-state index contributed by atoms with van der Waals surface area (Å²) in [4.78, 5) is 0. The van der Waals surface area contributed by atoms with Crippen molar-refractivity contribution >= 4 is 0 Å². The molecule has 0 amide bonds. The Morgan fingerprint density at radius 2 is 1.28 bits per heavy atom. The summed E-state index contributed by atoms with van der Waals surface area (Å²) in [5.41, 5.74) is 4.30. The molecular weight excluding hydrogens is 362 g/mol. The van der Waals surface area contributed by atoms with E-state index in [9.17, 15) is 8.78 Å². The van der Waals surface area contributed by atoms with E-state index in [-0.39, 0.29) is 0 Å². The van der Waals surface area contributed by atoms with Gasteiger partial charge in [0.2, 0.25) is 0 Å². The summed E-state index contributed by atoms with van der Waals surface area (Å²) in [6.45, 7) is 4.20. The van der Waals surface area contributed by atoms with Crippen molar-refractivity contribution in [1.82, 2.24) is 0 Å². The van der Waals surface area contributed by atoms with E-state index in [1.165, 1.54) is 18.4 Å². The van der Waals surface area contributed by atoms with Crippen molar-refractivity contribution in [3.8, 4) is 22.3 Å². The Kier molecular flexibility index (Phi) is 5.62. The van der Waals surface area contributed by atoms with Crippen LogP contribution in [0.5, 0.6) is 0 Å². The molecule has 4 rings (SSSR count). The van der Waals surface area contributed by atoms with E-state index >= 15 is 0 Å². The molecule has 0 saturated heterocycles. The van der Waals surface area contributed by atoms with Gasteiger partial charge in [0, 0.05) is 17.0 Å². The van der Waals surface area contributed by atoms with Crippen LogP contribution in [0, 0.1) is 24.5 Å². The Labute approximate surface area is 171 Å². The number of benzene rings is 3. The molecule has 0 radical (unpaired) electrons. The highest BCUT2D eigenvalue weighted by molar-refractivity contribution is 5.72. The second-order valence-corrected chi connectivity index (χ2v) is 8.01. The van der Waals surface area contributed by atoms with Crippen LogP contribution in [-0.2, 0) is 0 Å².